The number of aromatic amines is 1. The van der Waals surface area contributed by atoms with Crippen molar-refractivity contribution >= 4 is 11.3 Å². The van der Waals surface area contributed by atoms with Crippen molar-refractivity contribution in [1.29, 1.82) is 0 Å². The van der Waals surface area contributed by atoms with Gasteiger partial charge in [0.25, 0.3) is 0 Å². The van der Waals surface area contributed by atoms with Gasteiger partial charge in [0.05, 0.1) is 10.6 Å². The Bertz CT molecular complexity index is 348. The smallest absolute Gasteiger partial charge is 0.0555 e. The normalized spacial score (nSPS) is 10.4. The van der Waals surface area contributed by atoms with Gasteiger partial charge in [-0.1, -0.05) is 0 Å². The van der Waals surface area contributed by atoms with E-state index in [1.807, 2.05) is 12.3 Å². The number of H-pyrrole nitrogens is 1. The van der Waals surface area contributed by atoms with Crippen LogP contribution in [-0.2, 0) is 6.54 Å². The van der Waals surface area contributed by atoms with E-state index in [0.29, 0.717) is 6.54 Å². The Morgan fingerprint density at radius 3 is 3.00 bits per heavy atom. The molecule has 0 aliphatic rings. The van der Waals surface area contributed by atoms with Crippen molar-refractivity contribution in [1.82, 2.24) is 4.98 Å². The van der Waals surface area contributed by atoms with E-state index in [1.165, 1.54) is 16.1 Å². The van der Waals surface area contributed by atoms with Gasteiger partial charge in [0.1, 0.15) is 0 Å². The van der Waals surface area contributed by atoms with Crippen LogP contribution in [0.15, 0.2) is 29.8 Å². The number of hydrogen-bond acceptors (Lipinski definition) is 2. The lowest BCUT2D eigenvalue weighted by molar-refractivity contribution is 1.08. The molecule has 0 saturated carbocycles. The summed E-state index contributed by atoms with van der Waals surface area (Å²) >= 11 is 1.72. The Kier molecular flexibility index (Phi) is 1.98. The molecule has 62 valence electrons. The van der Waals surface area contributed by atoms with Gasteiger partial charge >= 0.3 is 0 Å². The molecule has 0 spiro atoms. The molecule has 0 aliphatic heterocycles. The maximum Gasteiger partial charge on any atom is 0.0555 e. The van der Waals surface area contributed by atoms with E-state index in [9.17, 15) is 0 Å². The van der Waals surface area contributed by atoms with Gasteiger partial charge < -0.3 is 10.7 Å². The topological polar surface area (TPSA) is 41.8 Å². The summed E-state index contributed by atoms with van der Waals surface area (Å²) in [6.07, 6.45) is 1.93. The van der Waals surface area contributed by atoms with Crippen molar-refractivity contribution in [2.24, 2.45) is 5.73 Å². The van der Waals surface area contributed by atoms with Crippen molar-refractivity contribution in [3.8, 4) is 10.6 Å². The second-order valence-corrected chi connectivity index (χ2v) is 3.52. The van der Waals surface area contributed by atoms with E-state index in [-0.39, 0.29) is 0 Å². The molecule has 0 atom stereocenters. The molecular formula is C9H10N2S. The third kappa shape index (κ3) is 1.29. The molecule has 3 N–H and O–H groups in total. The van der Waals surface area contributed by atoms with Crippen LogP contribution in [0.3, 0.4) is 0 Å². The van der Waals surface area contributed by atoms with Gasteiger partial charge in [0, 0.05) is 12.7 Å². The summed E-state index contributed by atoms with van der Waals surface area (Å²) in [5.41, 5.74) is 7.88. The second kappa shape index (κ2) is 3.13. The van der Waals surface area contributed by atoms with Crippen molar-refractivity contribution < 1.29 is 0 Å². The van der Waals surface area contributed by atoms with Gasteiger partial charge in [-0.3, -0.25) is 0 Å². The first-order valence-electron chi connectivity index (χ1n) is 3.81. The monoisotopic (exact) mass is 178 g/mol. The second-order valence-electron chi connectivity index (χ2n) is 2.61. The molecule has 0 saturated heterocycles. The largest absolute Gasteiger partial charge is 0.361 e. The number of nitrogens with one attached hydrogen (secondary N) is 1. The molecule has 0 unspecified atom stereocenters. The maximum absolute atomic E-state index is 5.51. The van der Waals surface area contributed by atoms with Crippen molar-refractivity contribution in [3.63, 3.8) is 0 Å². The Balaban J connectivity index is 2.35. The molecule has 2 aromatic rings. The predicted molar refractivity (Wildman–Crippen MR) is 52.0 cm³/mol. The van der Waals surface area contributed by atoms with Crippen LogP contribution in [0.4, 0.5) is 0 Å². The number of nitrogens with two attached hydrogens (primary N) is 1. The van der Waals surface area contributed by atoms with Crippen LogP contribution in [0, 0.1) is 0 Å². The highest BCUT2D eigenvalue weighted by molar-refractivity contribution is 7.13. The zero-order valence-electron chi connectivity index (χ0n) is 6.58. The average molecular weight is 178 g/mol. The molecule has 12 heavy (non-hydrogen) atoms. The summed E-state index contributed by atoms with van der Waals surface area (Å²) in [4.78, 5) is 4.41. The molecule has 2 aromatic heterocycles. The minimum Gasteiger partial charge on any atom is -0.361 e. The molecule has 2 heterocycles. The lowest BCUT2D eigenvalue weighted by atomic mass is 10.3. The highest BCUT2D eigenvalue weighted by Gasteiger charge is 2.00. The molecule has 3 heteroatoms. The molecule has 0 fully saturated rings. The fraction of sp³-hybridized carbons (Fsp3) is 0.111. The minimum absolute atomic E-state index is 0.622. The molecule has 2 nitrogen and oxygen atoms in total. The zero-order valence-corrected chi connectivity index (χ0v) is 7.40. The van der Waals surface area contributed by atoms with E-state index in [2.05, 4.69) is 22.5 Å². The summed E-state index contributed by atoms with van der Waals surface area (Å²) in [6, 6.07) is 6.18. The Morgan fingerprint density at radius 1 is 1.50 bits per heavy atom. The minimum atomic E-state index is 0.622. The van der Waals surface area contributed by atoms with E-state index < -0.39 is 0 Å². The number of rotatable bonds is 2. The first-order valence-corrected chi connectivity index (χ1v) is 4.69. The number of thiophene rings is 1. The van der Waals surface area contributed by atoms with Crippen molar-refractivity contribution in [2.45, 2.75) is 6.54 Å². The molecule has 0 bridgehead atoms. The SMILES string of the molecule is NCc1csc(-c2ccc[nH]2)c1. The van der Waals surface area contributed by atoms with Gasteiger partial charge in [-0.15, -0.1) is 11.3 Å². The van der Waals surface area contributed by atoms with Gasteiger partial charge in [-0.25, -0.2) is 0 Å². The third-order valence-corrected chi connectivity index (χ3v) is 2.77. The van der Waals surface area contributed by atoms with Crippen LogP contribution in [-0.4, -0.2) is 4.98 Å². The van der Waals surface area contributed by atoms with E-state index >= 15 is 0 Å². The predicted octanol–water partition coefficient (Wildman–Crippen LogP) is 2.20. The lowest BCUT2D eigenvalue weighted by Crippen LogP contribution is -1.92. The number of aromatic nitrogens is 1. The molecule has 0 aliphatic carbocycles. The van der Waals surface area contributed by atoms with Crippen LogP contribution in [0.5, 0.6) is 0 Å². The van der Waals surface area contributed by atoms with Crippen molar-refractivity contribution in [2.75, 3.05) is 0 Å². The van der Waals surface area contributed by atoms with E-state index in [0.717, 1.165) is 0 Å². The third-order valence-electron chi connectivity index (χ3n) is 1.75. The van der Waals surface area contributed by atoms with Gasteiger partial charge in [-0.05, 0) is 29.1 Å². The lowest BCUT2D eigenvalue weighted by Gasteiger charge is -1.88. The summed E-state index contributed by atoms with van der Waals surface area (Å²) in [7, 11) is 0. The molecule has 0 amide bonds. The van der Waals surface area contributed by atoms with Gasteiger partial charge in [-0.2, -0.15) is 0 Å². The quantitative estimate of drug-likeness (QED) is 0.727. The Hall–Kier alpha value is -1.06. The molecule has 2 rings (SSSR count). The van der Waals surface area contributed by atoms with Crippen LogP contribution < -0.4 is 5.73 Å². The zero-order chi connectivity index (χ0) is 8.39. The molecule has 0 radical (unpaired) electrons. The fourth-order valence-corrected chi connectivity index (χ4v) is 2.02. The first kappa shape index (κ1) is 7.58. The Labute approximate surface area is 75.0 Å². The molecule has 0 aromatic carbocycles. The number of hydrogen-bond donors (Lipinski definition) is 2. The summed E-state index contributed by atoms with van der Waals surface area (Å²) in [6.45, 7) is 0.622. The van der Waals surface area contributed by atoms with Gasteiger partial charge in [0.2, 0.25) is 0 Å². The fourth-order valence-electron chi connectivity index (χ4n) is 1.11. The van der Waals surface area contributed by atoms with Crippen LogP contribution in [0.1, 0.15) is 5.56 Å². The van der Waals surface area contributed by atoms with Gasteiger partial charge in [0.15, 0.2) is 0 Å². The van der Waals surface area contributed by atoms with Crippen LogP contribution in [0.2, 0.25) is 0 Å². The maximum atomic E-state index is 5.51. The summed E-state index contributed by atoms with van der Waals surface area (Å²) < 4.78 is 0. The standard InChI is InChI=1S/C9H10N2S/c10-5-7-4-9(12-6-7)8-2-1-3-11-8/h1-4,6,11H,5,10H2. The highest BCUT2D eigenvalue weighted by Crippen LogP contribution is 2.25. The van der Waals surface area contributed by atoms with Crippen LogP contribution in [0.25, 0.3) is 10.6 Å². The first-order chi connectivity index (χ1) is 5.90. The molecular weight excluding hydrogens is 168 g/mol. The van der Waals surface area contributed by atoms with E-state index in [1.54, 1.807) is 11.3 Å². The van der Waals surface area contributed by atoms with Crippen molar-refractivity contribution in [3.05, 3.63) is 35.3 Å². The van der Waals surface area contributed by atoms with Crippen LogP contribution >= 0.6 is 11.3 Å². The highest BCUT2D eigenvalue weighted by atomic mass is 32.1. The average Bonchev–Trinajstić information content (AvgIpc) is 2.75. The van der Waals surface area contributed by atoms with E-state index in [4.69, 9.17) is 5.73 Å². The summed E-state index contributed by atoms with van der Waals surface area (Å²) in [5, 5.41) is 2.09. The Morgan fingerprint density at radius 2 is 2.42 bits per heavy atom. The summed E-state index contributed by atoms with van der Waals surface area (Å²) in [5.74, 6) is 0.